The summed E-state index contributed by atoms with van der Waals surface area (Å²) in [5.74, 6) is 0.934. The summed E-state index contributed by atoms with van der Waals surface area (Å²) < 4.78 is 10.7. The molecular weight excluding hydrogens is 344 g/mol. The minimum atomic E-state index is -0.363. The highest BCUT2D eigenvalue weighted by atomic mass is 35.5. The van der Waals surface area contributed by atoms with E-state index in [1.165, 1.54) is 12.4 Å². The second-order valence-electron chi connectivity index (χ2n) is 5.21. The van der Waals surface area contributed by atoms with E-state index in [0.29, 0.717) is 28.1 Å². The molecule has 1 amide bonds. The first-order chi connectivity index (χ1) is 12.2. The summed E-state index contributed by atoms with van der Waals surface area (Å²) in [6.45, 7) is 0.189. The number of nitrogens with zero attached hydrogens (tertiary/aromatic N) is 3. The summed E-state index contributed by atoms with van der Waals surface area (Å²) in [4.78, 5) is 20.1. The number of benzene rings is 1. The SMILES string of the molecule is O=C(N/N=C\c1cc2cc3c(cc2nc1Cl)OCO3)c1cccnc1. The Morgan fingerprint density at radius 3 is 2.92 bits per heavy atom. The van der Waals surface area contributed by atoms with Gasteiger partial charge in [0.05, 0.1) is 17.3 Å². The van der Waals surface area contributed by atoms with Crippen molar-refractivity contribution in [3.05, 3.63) is 59.0 Å². The van der Waals surface area contributed by atoms with E-state index in [1.54, 1.807) is 24.4 Å². The van der Waals surface area contributed by atoms with Gasteiger partial charge in [0.2, 0.25) is 6.79 Å². The first-order valence-electron chi connectivity index (χ1n) is 7.34. The van der Waals surface area contributed by atoms with Gasteiger partial charge in [-0.25, -0.2) is 10.4 Å². The Hall–Kier alpha value is -3.19. The molecule has 0 spiro atoms. The fourth-order valence-corrected chi connectivity index (χ4v) is 2.56. The average molecular weight is 355 g/mol. The highest BCUT2D eigenvalue weighted by molar-refractivity contribution is 6.32. The standard InChI is InChI=1S/C17H11ClN4O3/c18-16-12(8-20-22-17(23)10-2-1-3-19-7-10)4-11-5-14-15(25-9-24-14)6-13(11)21-16/h1-8H,9H2,(H,22,23)/b20-8-. The highest BCUT2D eigenvalue weighted by Gasteiger charge is 2.15. The molecule has 1 N–H and O–H groups in total. The Labute approximate surface area is 147 Å². The van der Waals surface area contributed by atoms with Crippen LogP contribution in [0.3, 0.4) is 0 Å². The molecule has 0 fully saturated rings. The van der Waals surface area contributed by atoms with Crippen molar-refractivity contribution in [2.24, 2.45) is 5.10 Å². The largest absolute Gasteiger partial charge is 0.454 e. The first kappa shape index (κ1) is 15.3. The minimum Gasteiger partial charge on any atom is -0.454 e. The Morgan fingerprint density at radius 1 is 1.28 bits per heavy atom. The number of fused-ring (bicyclic) bond motifs is 2. The van der Waals surface area contributed by atoms with Crippen LogP contribution in [0.15, 0.2) is 47.8 Å². The number of halogens is 1. The van der Waals surface area contributed by atoms with E-state index in [0.717, 1.165) is 5.39 Å². The molecule has 7 nitrogen and oxygen atoms in total. The number of carbonyl (C=O) groups is 1. The van der Waals surface area contributed by atoms with Crippen molar-refractivity contribution in [2.45, 2.75) is 0 Å². The Bertz CT molecular complexity index is 992. The minimum absolute atomic E-state index is 0.189. The van der Waals surface area contributed by atoms with Crippen LogP contribution in [-0.4, -0.2) is 28.9 Å². The predicted octanol–water partition coefficient (Wildman–Crippen LogP) is 2.78. The summed E-state index contributed by atoms with van der Waals surface area (Å²) in [6, 6.07) is 8.73. The second-order valence-corrected chi connectivity index (χ2v) is 5.57. The molecule has 0 saturated heterocycles. The van der Waals surface area contributed by atoms with E-state index in [-0.39, 0.29) is 17.9 Å². The van der Waals surface area contributed by atoms with Gasteiger partial charge in [0.1, 0.15) is 5.15 Å². The molecule has 1 aromatic carbocycles. The number of aromatic nitrogens is 2. The van der Waals surface area contributed by atoms with Gasteiger partial charge >= 0.3 is 0 Å². The molecule has 3 heterocycles. The van der Waals surface area contributed by atoms with Gasteiger partial charge in [-0.2, -0.15) is 5.10 Å². The molecule has 4 rings (SSSR count). The molecule has 0 atom stereocenters. The third-order valence-electron chi connectivity index (χ3n) is 3.58. The molecule has 1 aliphatic rings. The lowest BCUT2D eigenvalue weighted by Crippen LogP contribution is -2.17. The van der Waals surface area contributed by atoms with Gasteiger partial charge < -0.3 is 9.47 Å². The number of carbonyl (C=O) groups excluding carboxylic acids is 1. The Balaban J connectivity index is 1.57. The maximum atomic E-state index is 11.9. The molecule has 25 heavy (non-hydrogen) atoms. The van der Waals surface area contributed by atoms with E-state index >= 15 is 0 Å². The number of hydrogen-bond acceptors (Lipinski definition) is 6. The lowest BCUT2D eigenvalue weighted by molar-refractivity contribution is 0.0954. The van der Waals surface area contributed by atoms with Crippen LogP contribution in [0.25, 0.3) is 10.9 Å². The number of amides is 1. The summed E-state index contributed by atoms with van der Waals surface area (Å²) in [6.07, 6.45) is 4.48. The van der Waals surface area contributed by atoms with Crippen LogP contribution >= 0.6 is 11.6 Å². The van der Waals surface area contributed by atoms with Crippen molar-refractivity contribution in [1.82, 2.24) is 15.4 Å². The van der Waals surface area contributed by atoms with Gasteiger partial charge in [-0.3, -0.25) is 9.78 Å². The third-order valence-corrected chi connectivity index (χ3v) is 3.89. The van der Waals surface area contributed by atoms with Gasteiger partial charge in [0.15, 0.2) is 11.5 Å². The normalized spacial score (nSPS) is 12.7. The number of nitrogens with one attached hydrogen (secondary N) is 1. The van der Waals surface area contributed by atoms with Crippen molar-refractivity contribution in [1.29, 1.82) is 0 Å². The van der Waals surface area contributed by atoms with Crippen LogP contribution in [0, 0.1) is 0 Å². The van der Waals surface area contributed by atoms with Crippen molar-refractivity contribution >= 4 is 34.6 Å². The zero-order chi connectivity index (χ0) is 17.2. The summed E-state index contributed by atoms with van der Waals surface area (Å²) in [7, 11) is 0. The lowest BCUT2D eigenvalue weighted by Gasteiger charge is -2.04. The summed E-state index contributed by atoms with van der Waals surface area (Å²) in [5, 5.41) is 5.02. The van der Waals surface area contributed by atoms with E-state index < -0.39 is 0 Å². The molecule has 124 valence electrons. The van der Waals surface area contributed by atoms with E-state index in [1.807, 2.05) is 12.1 Å². The smallest absolute Gasteiger partial charge is 0.272 e. The quantitative estimate of drug-likeness (QED) is 0.444. The summed E-state index contributed by atoms with van der Waals surface area (Å²) in [5.41, 5.74) is 4.09. The maximum Gasteiger partial charge on any atom is 0.272 e. The molecule has 0 radical (unpaired) electrons. The van der Waals surface area contributed by atoms with Crippen LogP contribution in [0.4, 0.5) is 0 Å². The molecule has 0 unspecified atom stereocenters. The van der Waals surface area contributed by atoms with Crippen LogP contribution in [-0.2, 0) is 0 Å². The fraction of sp³-hybridized carbons (Fsp3) is 0.0588. The van der Waals surface area contributed by atoms with Gasteiger partial charge in [-0.05, 0) is 24.3 Å². The zero-order valence-electron chi connectivity index (χ0n) is 12.8. The monoisotopic (exact) mass is 354 g/mol. The number of hydrazone groups is 1. The van der Waals surface area contributed by atoms with Crippen LogP contribution in [0.2, 0.25) is 5.15 Å². The van der Waals surface area contributed by atoms with Crippen LogP contribution in [0.1, 0.15) is 15.9 Å². The number of rotatable bonds is 3. The number of hydrogen-bond donors (Lipinski definition) is 1. The van der Waals surface area contributed by atoms with E-state index in [2.05, 4.69) is 20.5 Å². The average Bonchev–Trinajstić information content (AvgIpc) is 3.08. The zero-order valence-corrected chi connectivity index (χ0v) is 13.5. The van der Waals surface area contributed by atoms with Crippen molar-refractivity contribution in [3.63, 3.8) is 0 Å². The molecule has 0 saturated carbocycles. The highest BCUT2D eigenvalue weighted by Crippen LogP contribution is 2.36. The van der Waals surface area contributed by atoms with Gasteiger partial charge in [-0.1, -0.05) is 11.6 Å². The molecule has 0 aliphatic carbocycles. The predicted molar refractivity (Wildman–Crippen MR) is 92.2 cm³/mol. The van der Waals surface area contributed by atoms with E-state index in [4.69, 9.17) is 21.1 Å². The van der Waals surface area contributed by atoms with Crippen LogP contribution in [0.5, 0.6) is 11.5 Å². The first-order valence-corrected chi connectivity index (χ1v) is 7.72. The third kappa shape index (κ3) is 3.09. The molecule has 8 heteroatoms. The lowest BCUT2D eigenvalue weighted by atomic mass is 10.1. The van der Waals surface area contributed by atoms with Crippen molar-refractivity contribution in [3.8, 4) is 11.5 Å². The molecule has 1 aliphatic heterocycles. The molecule has 0 bridgehead atoms. The number of ether oxygens (including phenoxy) is 2. The molecule has 2 aromatic heterocycles. The molecule has 3 aromatic rings. The summed E-state index contributed by atoms with van der Waals surface area (Å²) >= 11 is 6.19. The number of pyridine rings is 2. The maximum absolute atomic E-state index is 11.9. The van der Waals surface area contributed by atoms with Gasteiger partial charge in [0.25, 0.3) is 5.91 Å². The second kappa shape index (κ2) is 6.37. The topological polar surface area (TPSA) is 85.7 Å². The Morgan fingerprint density at radius 2 is 2.12 bits per heavy atom. The van der Waals surface area contributed by atoms with Gasteiger partial charge in [0, 0.05) is 29.4 Å². The molecular formula is C17H11ClN4O3. The van der Waals surface area contributed by atoms with Crippen molar-refractivity contribution in [2.75, 3.05) is 6.79 Å². The fourth-order valence-electron chi connectivity index (χ4n) is 2.37. The van der Waals surface area contributed by atoms with E-state index in [9.17, 15) is 4.79 Å². The Kier molecular flexibility index (Phi) is 3.91. The van der Waals surface area contributed by atoms with Crippen molar-refractivity contribution < 1.29 is 14.3 Å². The van der Waals surface area contributed by atoms with Crippen LogP contribution < -0.4 is 14.9 Å². The van der Waals surface area contributed by atoms with Gasteiger partial charge in [-0.15, -0.1) is 0 Å².